The van der Waals surface area contributed by atoms with Crippen molar-refractivity contribution in [3.63, 3.8) is 0 Å². The van der Waals surface area contributed by atoms with Crippen LogP contribution in [0, 0.1) is 5.82 Å². The third kappa shape index (κ3) is 5.20. The van der Waals surface area contributed by atoms with Crippen LogP contribution in [0.3, 0.4) is 0 Å². The van der Waals surface area contributed by atoms with E-state index in [-0.39, 0.29) is 31.5 Å². The Bertz CT molecular complexity index is 822. The fourth-order valence-corrected chi connectivity index (χ4v) is 2.59. The molecule has 2 aromatic carbocycles. The maximum Gasteiger partial charge on any atom is 0.306 e. The molecule has 1 atom stereocenters. The fourth-order valence-electron chi connectivity index (χ4n) is 2.59. The first kappa shape index (κ1) is 18.7. The number of hydrogen-bond donors (Lipinski definition) is 1. The summed E-state index contributed by atoms with van der Waals surface area (Å²) >= 11 is 0. The first-order chi connectivity index (χ1) is 13.0. The Balaban J connectivity index is 1.41. The molecule has 6 nitrogen and oxygen atoms in total. The van der Waals surface area contributed by atoms with Gasteiger partial charge in [0.15, 0.2) is 17.6 Å². The van der Waals surface area contributed by atoms with Crippen LogP contribution in [0.2, 0.25) is 0 Å². The van der Waals surface area contributed by atoms with Crippen molar-refractivity contribution in [2.24, 2.45) is 0 Å². The van der Waals surface area contributed by atoms with Gasteiger partial charge in [0.2, 0.25) is 6.79 Å². The molecule has 0 unspecified atom stereocenters. The summed E-state index contributed by atoms with van der Waals surface area (Å²) in [5, 5.41) is 2.72. The second-order valence-electron chi connectivity index (χ2n) is 6.16. The number of nitrogens with one attached hydrogen (secondary N) is 1. The molecule has 0 fully saturated rings. The lowest BCUT2D eigenvalue weighted by molar-refractivity contribution is -0.154. The Morgan fingerprint density at radius 3 is 2.59 bits per heavy atom. The van der Waals surface area contributed by atoms with Gasteiger partial charge in [-0.05, 0) is 48.7 Å². The molecule has 1 aliphatic heterocycles. The molecule has 3 rings (SSSR count). The number of amides is 1. The predicted octanol–water partition coefficient (Wildman–Crippen LogP) is 2.74. The van der Waals surface area contributed by atoms with Crippen molar-refractivity contribution >= 4 is 11.9 Å². The molecule has 27 heavy (non-hydrogen) atoms. The van der Waals surface area contributed by atoms with E-state index < -0.39 is 12.1 Å². The van der Waals surface area contributed by atoms with E-state index in [1.807, 2.05) is 6.07 Å². The van der Waals surface area contributed by atoms with Crippen LogP contribution in [0.15, 0.2) is 42.5 Å². The van der Waals surface area contributed by atoms with E-state index >= 15 is 0 Å². The molecule has 1 aliphatic rings. The number of benzene rings is 2. The van der Waals surface area contributed by atoms with Crippen LogP contribution in [0.4, 0.5) is 4.39 Å². The molecule has 0 aliphatic carbocycles. The van der Waals surface area contributed by atoms with Crippen LogP contribution in [-0.4, -0.2) is 24.8 Å². The summed E-state index contributed by atoms with van der Waals surface area (Å²) in [7, 11) is 0. The number of esters is 1. The lowest BCUT2D eigenvalue weighted by atomic mass is 10.1. The van der Waals surface area contributed by atoms with Crippen LogP contribution in [0.1, 0.15) is 24.5 Å². The minimum atomic E-state index is -0.903. The van der Waals surface area contributed by atoms with E-state index in [1.54, 1.807) is 24.3 Å². The first-order valence-electron chi connectivity index (χ1n) is 8.61. The molecule has 142 valence electrons. The maximum atomic E-state index is 12.9. The number of aryl methyl sites for hydroxylation is 1. The summed E-state index contributed by atoms with van der Waals surface area (Å²) < 4.78 is 28.5. The van der Waals surface area contributed by atoms with Gasteiger partial charge in [-0.2, -0.15) is 0 Å². The number of carbonyl (C=O) groups excluding carboxylic acids is 2. The van der Waals surface area contributed by atoms with Crippen LogP contribution in [0.5, 0.6) is 11.5 Å². The first-order valence-corrected chi connectivity index (χ1v) is 8.61. The van der Waals surface area contributed by atoms with Crippen molar-refractivity contribution < 1.29 is 28.2 Å². The third-order valence-corrected chi connectivity index (χ3v) is 4.11. The van der Waals surface area contributed by atoms with E-state index in [0.29, 0.717) is 17.9 Å². The van der Waals surface area contributed by atoms with Crippen LogP contribution < -0.4 is 14.8 Å². The molecule has 0 saturated heterocycles. The third-order valence-electron chi connectivity index (χ3n) is 4.11. The molecule has 2 aromatic rings. The maximum absolute atomic E-state index is 12.9. The van der Waals surface area contributed by atoms with Gasteiger partial charge in [-0.15, -0.1) is 0 Å². The Morgan fingerprint density at radius 2 is 1.81 bits per heavy atom. The van der Waals surface area contributed by atoms with Gasteiger partial charge < -0.3 is 19.5 Å². The zero-order valence-electron chi connectivity index (χ0n) is 14.9. The standard InChI is InChI=1S/C20H20FNO5/c1-13(27-19(23)9-5-14-2-6-16(21)7-3-14)20(24)22-11-15-4-8-17-18(10-15)26-12-25-17/h2-4,6-8,10,13H,5,9,11-12H2,1H3,(H,22,24)/t13-/m0/s1. The quantitative estimate of drug-likeness (QED) is 0.756. The van der Waals surface area contributed by atoms with E-state index in [4.69, 9.17) is 14.2 Å². The molecule has 1 N–H and O–H groups in total. The lowest BCUT2D eigenvalue weighted by Crippen LogP contribution is -2.35. The number of rotatable bonds is 7. The van der Waals surface area contributed by atoms with Gasteiger partial charge in [-0.1, -0.05) is 18.2 Å². The molecule has 0 bridgehead atoms. The summed E-state index contributed by atoms with van der Waals surface area (Å²) in [5.41, 5.74) is 1.68. The van der Waals surface area contributed by atoms with Crippen LogP contribution >= 0.6 is 0 Å². The number of halogens is 1. The van der Waals surface area contributed by atoms with Gasteiger partial charge in [-0.3, -0.25) is 9.59 Å². The van der Waals surface area contributed by atoms with Gasteiger partial charge in [0.25, 0.3) is 5.91 Å². The molecular weight excluding hydrogens is 353 g/mol. The largest absolute Gasteiger partial charge is 0.454 e. The van der Waals surface area contributed by atoms with Crippen molar-refractivity contribution in [3.05, 3.63) is 59.4 Å². The highest BCUT2D eigenvalue weighted by Gasteiger charge is 2.18. The van der Waals surface area contributed by atoms with Crippen molar-refractivity contribution in [1.29, 1.82) is 0 Å². The Labute approximate surface area is 156 Å². The van der Waals surface area contributed by atoms with E-state index in [9.17, 15) is 14.0 Å². The summed E-state index contributed by atoms with van der Waals surface area (Å²) in [6.07, 6.45) is -0.365. The molecule has 1 heterocycles. The van der Waals surface area contributed by atoms with E-state index in [0.717, 1.165) is 11.1 Å². The number of carbonyl (C=O) groups is 2. The van der Waals surface area contributed by atoms with Crippen molar-refractivity contribution in [2.75, 3.05) is 6.79 Å². The molecule has 1 amide bonds. The summed E-state index contributed by atoms with van der Waals surface area (Å²) in [4.78, 5) is 24.0. The van der Waals surface area contributed by atoms with Crippen molar-refractivity contribution in [3.8, 4) is 11.5 Å². The predicted molar refractivity (Wildman–Crippen MR) is 94.7 cm³/mol. The van der Waals surface area contributed by atoms with Gasteiger partial charge in [0.05, 0.1) is 0 Å². The highest BCUT2D eigenvalue weighted by Crippen LogP contribution is 2.32. The molecule has 0 radical (unpaired) electrons. The number of hydrogen-bond acceptors (Lipinski definition) is 5. The normalized spacial score (nSPS) is 13.1. The minimum absolute atomic E-state index is 0.116. The van der Waals surface area contributed by atoms with Crippen LogP contribution in [0.25, 0.3) is 0 Å². The second-order valence-corrected chi connectivity index (χ2v) is 6.16. The summed E-state index contributed by atoms with van der Waals surface area (Å²) in [5.74, 6) is 0.123. The summed E-state index contributed by atoms with van der Waals surface area (Å²) in [6, 6.07) is 11.3. The number of ether oxygens (including phenoxy) is 3. The second kappa shape index (κ2) is 8.53. The topological polar surface area (TPSA) is 73.9 Å². The average molecular weight is 373 g/mol. The van der Waals surface area contributed by atoms with Crippen LogP contribution in [-0.2, 0) is 27.3 Å². The zero-order valence-corrected chi connectivity index (χ0v) is 14.9. The number of fused-ring (bicyclic) bond motifs is 1. The van der Waals surface area contributed by atoms with E-state index in [2.05, 4.69) is 5.32 Å². The zero-order chi connectivity index (χ0) is 19.2. The van der Waals surface area contributed by atoms with Crippen molar-refractivity contribution in [2.45, 2.75) is 32.4 Å². The fraction of sp³-hybridized carbons (Fsp3) is 0.300. The van der Waals surface area contributed by atoms with Gasteiger partial charge >= 0.3 is 5.97 Å². The molecule has 0 aromatic heterocycles. The SMILES string of the molecule is C[C@H](OC(=O)CCc1ccc(F)cc1)C(=O)NCc1ccc2c(c1)OCO2. The highest BCUT2D eigenvalue weighted by atomic mass is 19.1. The Hall–Kier alpha value is -3.09. The lowest BCUT2D eigenvalue weighted by Gasteiger charge is -2.14. The Morgan fingerprint density at radius 1 is 1.11 bits per heavy atom. The minimum Gasteiger partial charge on any atom is -0.454 e. The molecule has 7 heteroatoms. The smallest absolute Gasteiger partial charge is 0.306 e. The molecule has 0 saturated carbocycles. The van der Waals surface area contributed by atoms with Gasteiger partial charge in [-0.25, -0.2) is 4.39 Å². The molecular formula is C20H20FNO5. The highest BCUT2D eigenvalue weighted by molar-refractivity contribution is 5.83. The monoisotopic (exact) mass is 373 g/mol. The van der Waals surface area contributed by atoms with E-state index in [1.165, 1.54) is 19.1 Å². The van der Waals surface area contributed by atoms with Crippen molar-refractivity contribution in [1.82, 2.24) is 5.32 Å². The molecule has 0 spiro atoms. The Kier molecular flexibility index (Phi) is 5.90. The van der Waals surface area contributed by atoms with Gasteiger partial charge in [0, 0.05) is 13.0 Å². The average Bonchev–Trinajstić information content (AvgIpc) is 3.13. The summed E-state index contributed by atoms with van der Waals surface area (Å²) in [6.45, 7) is 1.99. The van der Waals surface area contributed by atoms with Gasteiger partial charge in [0.1, 0.15) is 5.82 Å².